The summed E-state index contributed by atoms with van der Waals surface area (Å²) >= 11 is 0. The molecule has 2 aromatic rings. The molecule has 23 heavy (non-hydrogen) atoms. The molecule has 2 saturated carbocycles. The average molecular weight is 314 g/mol. The van der Waals surface area contributed by atoms with Gasteiger partial charge in [-0.05, 0) is 44.9 Å². The molecule has 2 atom stereocenters. The lowest BCUT2D eigenvalue weighted by molar-refractivity contribution is -0.0317. The summed E-state index contributed by atoms with van der Waals surface area (Å²) in [7, 11) is 2.14. The minimum Gasteiger partial charge on any atom is -0.391 e. The fourth-order valence-corrected chi connectivity index (χ4v) is 3.67. The number of rotatable bonds is 4. The molecule has 5 rings (SSSR count). The molecule has 122 valence electrons. The Kier molecular flexibility index (Phi) is 2.90. The fraction of sp³-hybridized carbons (Fsp3) is 0.688. The highest BCUT2D eigenvalue weighted by Crippen LogP contribution is 2.39. The van der Waals surface area contributed by atoms with Gasteiger partial charge in [0.2, 0.25) is 0 Å². The third-order valence-corrected chi connectivity index (χ3v) is 5.70. The van der Waals surface area contributed by atoms with E-state index in [4.69, 9.17) is 5.10 Å². The maximum absolute atomic E-state index is 9.83. The lowest BCUT2D eigenvalue weighted by Crippen LogP contribution is -2.64. The number of aliphatic hydroxyl groups is 1. The van der Waals surface area contributed by atoms with Gasteiger partial charge >= 0.3 is 0 Å². The van der Waals surface area contributed by atoms with E-state index in [-0.39, 0.29) is 6.10 Å². The molecule has 1 aliphatic heterocycles. The first-order chi connectivity index (χ1) is 11.2. The van der Waals surface area contributed by atoms with Crippen LogP contribution in [0.1, 0.15) is 37.4 Å². The number of aromatic nitrogens is 4. The van der Waals surface area contributed by atoms with E-state index in [0.29, 0.717) is 18.0 Å². The van der Waals surface area contributed by atoms with Crippen LogP contribution in [-0.2, 0) is 0 Å². The topological polar surface area (TPSA) is 69.8 Å². The SMILES string of the molecule is CN(C1CN(c2ccc3nnc(C4CC4)n3n2)C1)C1CCC1O. The van der Waals surface area contributed by atoms with Gasteiger partial charge in [0.25, 0.3) is 0 Å². The summed E-state index contributed by atoms with van der Waals surface area (Å²) in [4.78, 5) is 4.64. The number of hydrogen-bond donors (Lipinski definition) is 1. The van der Waals surface area contributed by atoms with Crippen molar-refractivity contribution in [3.05, 3.63) is 18.0 Å². The van der Waals surface area contributed by atoms with Gasteiger partial charge in [-0.3, -0.25) is 4.90 Å². The maximum Gasteiger partial charge on any atom is 0.178 e. The van der Waals surface area contributed by atoms with Gasteiger partial charge < -0.3 is 10.0 Å². The van der Waals surface area contributed by atoms with Crippen LogP contribution in [0.25, 0.3) is 5.65 Å². The second-order valence-electron chi connectivity index (χ2n) is 7.23. The molecule has 7 nitrogen and oxygen atoms in total. The molecule has 0 bridgehead atoms. The van der Waals surface area contributed by atoms with Gasteiger partial charge in [-0.2, -0.15) is 4.52 Å². The molecule has 1 saturated heterocycles. The fourth-order valence-electron chi connectivity index (χ4n) is 3.67. The molecule has 0 amide bonds. The Morgan fingerprint density at radius 3 is 2.61 bits per heavy atom. The zero-order valence-corrected chi connectivity index (χ0v) is 13.3. The van der Waals surface area contributed by atoms with E-state index >= 15 is 0 Å². The zero-order chi connectivity index (χ0) is 15.6. The van der Waals surface area contributed by atoms with Crippen molar-refractivity contribution in [2.75, 3.05) is 25.0 Å². The molecule has 0 spiro atoms. The normalized spacial score (nSPS) is 28.2. The van der Waals surface area contributed by atoms with E-state index in [1.807, 2.05) is 16.6 Å². The Balaban J connectivity index is 1.31. The summed E-state index contributed by atoms with van der Waals surface area (Å²) in [6, 6.07) is 4.90. The standard InChI is InChI=1S/C16H22N6O/c1-20(12-4-5-13(12)23)11-8-21(9-11)15-7-6-14-17-18-16(10-2-3-10)22(14)19-15/h6-7,10-13,23H,2-5,8-9H2,1H3. The summed E-state index contributed by atoms with van der Waals surface area (Å²) in [5.41, 5.74) is 0.836. The van der Waals surface area contributed by atoms with Gasteiger partial charge in [0.15, 0.2) is 11.5 Å². The van der Waals surface area contributed by atoms with Gasteiger partial charge in [-0.25, -0.2) is 0 Å². The molecule has 3 fully saturated rings. The molecular weight excluding hydrogens is 292 g/mol. The Bertz CT molecular complexity index is 735. The molecule has 0 aromatic carbocycles. The van der Waals surface area contributed by atoms with Crippen LogP contribution in [0.5, 0.6) is 0 Å². The molecular formula is C16H22N6O. The van der Waals surface area contributed by atoms with E-state index in [1.54, 1.807) is 0 Å². The number of anilines is 1. The van der Waals surface area contributed by atoms with Crippen molar-refractivity contribution in [1.29, 1.82) is 0 Å². The van der Waals surface area contributed by atoms with Gasteiger partial charge in [0.05, 0.1) is 6.10 Å². The average Bonchev–Trinajstić information content (AvgIpc) is 3.24. The largest absolute Gasteiger partial charge is 0.391 e. The second kappa shape index (κ2) is 4.88. The van der Waals surface area contributed by atoms with Crippen LogP contribution < -0.4 is 4.90 Å². The number of hydrogen-bond acceptors (Lipinski definition) is 6. The summed E-state index contributed by atoms with van der Waals surface area (Å²) in [6.07, 6.45) is 4.33. The Morgan fingerprint density at radius 2 is 1.96 bits per heavy atom. The molecule has 2 aromatic heterocycles. The van der Waals surface area contributed by atoms with Crippen molar-refractivity contribution in [3.63, 3.8) is 0 Å². The minimum absolute atomic E-state index is 0.137. The minimum atomic E-state index is -0.137. The van der Waals surface area contributed by atoms with Crippen LogP contribution in [0, 0.1) is 0 Å². The Morgan fingerprint density at radius 1 is 1.13 bits per heavy atom. The molecule has 3 aliphatic rings. The first-order valence-electron chi connectivity index (χ1n) is 8.58. The van der Waals surface area contributed by atoms with Crippen LogP contribution in [0.15, 0.2) is 12.1 Å². The van der Waals surface area contributed by atoms with Crippen molar-refractivity contribution in [3.8, 4) is 0 Å². The highest BCUT2D eigenvalue weighted by molar-refractivity contribution is 5.48. The Hall–Kier alpha value is -1.73. The summed E-state index contributed by atoms with van der Waals surface area (Å²) in [6.45, 7) is 1.94. The first-order valence-corrected chi connectivity index (χ1v) is 8.58. The van der Waals surface area contributed by atoms with Gasteiger partial charge in [-0.1, -0.05) is 0 Å². The van der Waals surface area contributed by atoms with Crippen molar-refractivity contribution < 1.29 is 5.11 Å². The summed E-state index contributed by atoms with van der Waals surface area (Å²) in [5.74, 6) is 2.55. The molecule has 1 N–H and O–H groups in total. The molecule has 3 heterocycles. The third-order valence-electron chi connectivity index (χ3n) is 5.70. The van der Waals surface area contributed by atoms with Crippen molar-refractivity contribution in [2.24, 2.45) is 0 Å². The lowest BCUT2D eigenvalue weighted by atomic mass is 9.86. The van der Waals surface area contributed by atoms with Gasteiger partial charge in [-0.15, -0.1) is 15.3 Å². The predicted octanol–water partition coefficient (Wildman–Crippen LogP) is 0.645. The van der Waals surface area contributed by atoms with E-state index in [1.165, 1.54) is 12.8 Å². The van der Waals surface area contributed by atoms with Crippen molar-refractivity contribution in [1.82, 2.24) is 24.7 Å². The van der Waals surface area contributed by atoms with Gasteiger partial charge in [0, 0.05) is 31.1 Å². The van der Waals surface area contributed by atoms with Crippen LogP contribution in [0.2, 0.25) is 0 Å². The molecule has 0 radical (unpaired) electrons. The van der Waals surface area contributed by atoms with Gasteiger partial charge in [0.1, 0.15) is 5.82 Å². The monoisotopic (exact) mass is 314 g/mol. The molecule has 7 heteroatoms. The van der Waals surface area contributed by atoms with E-state index in [9.17, 15) is 5.11 Å². The zero-order valence-electron chi connectivity index (χ0n) is 13.3. The summed E-state index contributed by atoms with van der Waals surface area (Å²) < 4.78 is 1.92. The van der Waals surface area contributed by atoms with Crippen LogP contribution >= 0.6 is 0 Å². The number of likely N-dealkylation sites (N-methyl/N-ethyl adjacent to an activating group) is 1. The van der Waals surface area contributed by atoms with E-state index < -0.39 is 0 Å². The quantitative estimate of drug-likeness (QED) is 0.893. The lowest BCUT2D eigenvalue weighted by Gasteiger charge is -2.50. The van der Waals surface area contributed by atoms with Crippen LogP contribution in [-0.4, -0.2) is 68.1 Å². The Labute approximate surface area is 134 Å². The number of fused-ring (bicyclic) bond motifs is 1. The van der Waals surface area contributed by atoms with Crippen LogP contribution in [0.3, 0.4) is 0 Å². The highest BCUT2D eigenvalue weighted by Gasteiger charge is 2.40. The number of nitrogens with zero attached hydrogens (tertiary/aromatic N) is 6. The smallest absolute Gasteiger partial charge is 0.178 e. The van der Waals surface area contributed by atoms with Crippen LogP contribution in [0.4, 0.5) is 5.82 Å². The molecule has 2 unspecified atom stereocenters. The highest BCUT2D eigenvalue weighted by atomic mass is 16.3. The number of aliphatic hydroxyl groups excluding tert-OH is 1. The maximum atomic E-state index is 9.83. The second-order valence-corrected chi connectivity index (χ2v) is 7.23. The first kappa shape index (κ1) is 13.7. The van der Waals surface area contributed by atoms with Crippen molar-refractivity contribution >= 4 is 11.5 Å². The summed E-state index contributed by atoms with van der Waals surface area (Å²) in [5, 5.41) is 23.1. The van der Waals surface area contributed by atoms with E-state index in [0.717, 1.165) is 43.2 Å². The van der Waals surface area contributed by atoms with Crippen molar-refractivity contribution in [2.45, 2.75) is 49.8 Å². The molecule has 2 aliphatic carbocycles. The third kappa shape index (κ3) is 2.14. The predicted molar refractivity (Wildman–Crippen MR) is 85.5 cm³/mol. The van der Waals surface area contributed by atoms with E-state index in [2.05, 4.69) is 27.0 Å².